The Morgan fingerprint density at radius 3 is 2.58 bits per heavy atom. The van der Waals surface area contributed by atoms with Crippen molar-refractivity contribution in [3.8, 4) is 22.8 Å². The van der Waals surface area contributed by atoms with Gasteiger partial charge in [0.05, 0.1) is 6.54 Å². The van der Waals surface area contributed by atoms with Gasteiger partial charge >= 0.3 is 0 Å². The second-order valence-electron chi connectivity index (χ2n) is 9.10. The number of benzene rings is 2. The van der Waals surface area contributed by atoms with Crippen LogP contribution in [-0.2, 0) is 6.54 Å². The summed E-state index contributed by atoms with van der Waals surface area (Å²) in [7, 11) is 2.13. The van der Waals surface area contributed by atoms with Gasteiger partial charge in [-0.25, -0.2) is 0 Å². The van der Waals surface area contributed by atoms with E-state index in [9.17, 15) is 0 Å². The van der Waals surface area contributed by atoms with Crippen molar-refractivity contribution in [3.63, 3.8) is 0 Å². The second-order valence-corrected chi connectivity index (χ2v) is 9.10. The number of likely N-dealkylation sites (N-methyl/N-ethyl adjacent to an activating group) is 1. The molecule has 33 heavy (non-hydrogen) atoms. The van der Waals surface area contributed by atoms with Gasteiger partial charge in [-0.2, -0.15) is 0 Å². The molecule has 0 N–H and O–H groups in total. The van der Waals surface area contributed by atoms with Crippen molar-refractivity contribution in [3.05, 3.63) is 59.4 Å². The Labute approximate surface area is 195 Å². The molecule has 0 spiro atoms. The molecule has 3 aromatic rings. The molecule has 0 atom stereocenters. The predicted octanol–water partition coefficient (Wildman–Crippen LogP) is 3.94. The Morgan fingerprint density at radius 2 is 1.76 bits per heavy atom. The first-order valence-corrected chi connectivity index (χ1v) is 11.6. The lowest BCUT2D eigenvalue weighted by atomic mass is 10.1. The molecule has 5 rings (SSSR count). The third kappa shape index (κ3) is 4.99. The fourth-order valence-corrected chi connectivity index (χ4v) is 4.61. The summed E-state index contributed by atoms with van der Waals surface area (Å²) in [6, 6.07) is 14.6. The van der Waals surface area contributed by atoms with E-state index in [1.54, 1.807) is 0 Å². The zero-order valence-corrected chi connectivity index (χ0v) is 19.7. The van der Waals surface area contributed by atoms with Gasteiger partial charge in [0.1, 0.15) is 5.69 Å². The minimum absolute atomic E-state index is 0.272. The first kappa shape index (κ1) is 21.8. The molecule has 0 bridgehead atoms. The molecule has 0 saturated carbocycles. The molecule has 1 fully saturated rings. The summed E-state index contributed by atoms with van der Waals surface area (Å²) >= 11 is 0. The highest BCUT2D eigenvalue weighted by molar-refractivity contribution is 5.64. The quantitative estimate of drug-likeness (QED) is 0.543. The number of piperazine rings is 1. The molecule has 2 aliphatic rings. The summed E-state index contributed by atoms with van der Waals surface area (Å²) in [6.07, 6.45) is 0. The molecule has 7 heteroatoms. The number of hydrogen-bond donors (Lipinski definition) is 0. The summed E-state index contributed by atoms with van der Waals surface area (Å²) in [5.74, 6) is 2.40. The van der Waals surface area contributed by atoms with E-state index in [1.165, 1.54) is 16.8 Å². The van der Waals surface area contributed by atoms with Crippen molar-refractivity contribution in [1.29, 1.82) is 0 Å². The molecule has 1 saturated heterocycles. The van der Waals surface area contributed by atoms with E-state index < -0.39 is 0 Å². The van der Waals surface area contributed by atoms with E-state index in [1.807, 2.05) is 24.3 Å². The van der Waals surface area contributed by atoms with Crippen LogP contribution < -0.4 is 14.4 Å². The largest absolute Gasteiger partial charge is 0.454 e. The van der Waals surface area contributed by atoms with Crippen molar-refractivity contribution in [1.82, 2.24) is 15.0 Å². The topological polar surface area (TPSA) is 54.2 Å². The van der Waals surface area contributed by atoms with Gasteiger partial charge < -0.3 is 18.9 Å². The lowest BCUT2D eigenvalue weighted by Crippen LogP contribution is -2.48. The molecule has 174 valence electrons. The summed E-state index contributed by atoms with van der Waals surface area (Å²) in [6.45, 7) is 11.8. The Kier molecular flexibility index (Phi) is 6.24. The summed E-state index contributed by atoms with van der Waals surface area (Å²) in [5, 5.41) is 4.25. The molecule has 1 aromatic heterocycles. The van der Waals surface area contributed by atoms with Crippen molar-refractivity contribution in [2.24, 2.45) is 0 Å². The van der Waals surface area contributed by atoms with Crippen LogP contribution in [0.4, 0.5) is 5.69 Å². The maximum Gasteiger partial charge on any atom is 0.231 e. The zero-order valence-electron chi connectivity index (χ0n) is 19.7. The molecule has 0 unspecified atom stereocenters. The Bertz CT molecular complexity index is 1100. The minimum Gasteiger partial charge on any atom is -0.454 e. The van der Waals surface area contributed by atoms with Crippen LogP contribution in [0.25, 0.3) is 11.3 Å². The van der Waals surface area contributed by atoms with Crippen LogP contribution in [-0.4, -0.2) is 68.1 Å². The lowest BCUT2D eigenvalue weighted by molar-refractivity contribution is 0.174. The van der Waals surface area contributed by atoms with Crippen LogP contribution in [0.1, 0.15) is 16.9 Å². The molecule has 0 radical (unpaired) electrons. The van der Waals surface area contributed by atoms with E-state index >= 15 is 0 Å². The van der Waals surface area contributed by atoms with E-state index in [0.29, 0.717) is 0 Å². The third-order valence-corrected chi connectivity index (χ3v) is 6.52. The Balaban J connectivity index is 1.09. The fourth-order valence-electron chi connectivity index (χ4n) is 4.61. The van der Waals surface area contributed by atoms with Crippen LogP contribution in [0, 0.1) is 13.8 Å². The number of rotatable bonds is 7. The van der Waals surface area contributed by atoms with Crippen LogP contribution >= 0.6 is 0 Å². The number of aromatic nitrogens is 1. The third-order valence-electron chi connectivity index (χ3n) is 6.52. The highest BCUT2D eigenvalue weighted by Crippen LogP contribution is 2.35. The van der Waals surface area contributed by atoms with Gasteiger partial charge in [-0.15, -0.1) is 0 Å². The highest BCUT2D eigenvalue weighted by Gasteiger charge is 2.19. The Morgan fingerprint density at radius 1 is 0.939 bits per heavy atom. The fraction of sp³-hybridized carbons (Fsp3) is 0.423. The van der Waals surface area contributed by atoms with Crippen molar-refractivity contribution in [2.45, 2.75) is 20.4 Å². The van der Waals surface area contributed by atoms with Gasteiger partial charge in [0, 0.05) is 56.6 Å². The van der Waals surface area contributed by atoms with E-state index in [0.717, 1.165) is 74.3 Å². The summed E-state index contributed by atoms with van der Waals surface area (Å²) in [5.41, 5.74) is 5.86. The zero-order chi connectivity index (χ0) is 22.8. The number of aryl methyl sites for hydroxylation is 2. The van der Waals surface area contributed by atoms with Gasteiger partial charge in [-0.05, 0) is 50.7 Å². The predicted molar refractivity (Wildman–Crippen MR) is 129 cm³/mol. The summed E-state index contributed by atoms with van der Waals surface area (Å²) in [4.78, 5) is 7.36. The molecule has 3 heterocycles. The number of fused-ring (bicyclic) bond motifs is 1. The number of hydrogen-bond acceptors (Lipinski definition) is 7. The Hall–Kier alpha value is -3.03. The van der Waals surface area contributed by atoms with Crippen molar-refractivity contribution >= 4 is 5.69 Å². The van der Waals surface area contributed by atoms with E-state index in [-0.39, 0.29) is 6.79 Å². The van der Waals surface area contributed by atoms with Gasteiger partial charge in [-0.1, -0.05) is 22.9 Å². The number of nitrogens with zero attached hydrogens (tertiary/aromatic N) is 4. The molecular formula is C26H32N4O3. The summed E-state index contributed by atoms with van der Waals surface area (Å²) < 4.78 is 16.4. The monoisotopic (exact) mass is 448 g/mol. The van der Waals surface area contributed by atoms with E-state index in [2.05, 4.69) is 59.0 Å². The van der Waals surface area contributed by atoms with Gasteiger partial charge in [0.15, 0.2) is 17.3 Å². The molecule has 7 nitrogen and oxygen atoms in total. The van der Waals surface area contributed by atoms with Crippen molar-refractivity contribution in [2.75, 3.05) is 58.0 Å². The van der Waals surface area contributed by atoms with Crippen LogP contribution in [0.5, 0.6) is 11.5 Å². The van der Waals surface area contributed by atoms with Gasteiger partial charge in [0.25, 0.3) is 0 Å². The van der Waals surface area contributed by atoms with Gasteiger partial charge in [0.2, 0.25) is 6.79 Å². The SMILES string of the molecule is Cc1ccc(N2CCN(CCN(C)Cc3cc(-c4ccc5c(c4)OCO5)no3)CC2)c(C)c1. The average Bonchev–Trinajstić information content (AvgIpc) is 3.47. The number of ether oxygens (including phenoxy) is 2. The normalized spacial score (nSPS) is 16.1. The van der Waals surface area contributed by atoms with Gasteiger partial charge in [-0.3, -0.25) is 9.80 Å². The van der Waals surface area contributed by atoms with E-state index in [4.69, 9.17) is 14.0 Å². The van der Waals surface area contributed by atoms with Crippen LogP contribution in [0.3, 0.4) is 0 Å². The molecule has 2 aromatic carbocycles. The minimum atomic E-state index is 0.272. The highest BCUT2D eigenvalue weighted by atomic mass is 16.7. The molecular weight excluding hydrogens is 416 g/mol. The maximum absolute atomic E-state index is 5.60. The molecule has 0 aliphatic carbocycles. The first-order chi connectivity index (χ1) is 16.0. The maximum atomic E-state index is 5.60. The van der Waals surface area contributed by atoms with Crippen LogP contribution in [0.2, 0.25) is 0 Å². The molecule has 0 amide bonds. The van der Waals surface area contributed by atoms with Crippen LogP contribution in [0.15, 0.2) is 47.0 Å². The first-order valence-electron chi connectivity index (χ1n) is 11.6. The standard InChI is InChI=1S/C26H32N4O3/c1-19-4-6-24(20(2)14-19)30-12-10-29(11-13-30)9-8-28(3)17-22-16-23(27-33-22)21-5-7-25-26(15-21)32-18-31-25/h4-7,14-16H,8-13,17-18H2,1-3H3. The smallest absolute Gasteiger partial charge is 0.231 e. The average molecular weight is 449 g/mol. The number of anilines is 1. The van der Waals surface area contributed by atoms with Crippen molar-refractivity contribution < 1.29 is 14.0 Å². The lowest BCUT2D eigenvalue weighted by Gasteiger charge is -2.37. The molecule has 2 aliphatic heterocycles. The second kappa shape index (κ2) is 9.45.